The Balaban J connectivity index is 1.70. The maximum atomic E-state index is 6.23. The molecular formula is C13H17ClN2O2. The number of hydrogen-bond donors (Lipinski definition) is 2. The highest BCUT2D eigenvalue weighted by Gasteiger charge is 2.17. The molecule has 1 aromatic carbocycles. The topological polar surface area (TPSA) is 42.5 Å². The first-order valence-corrected chi connectivity index (χ1v) is 6.77. The SMILES string of the molecule is Clc1cc2c(cc1NCC1CCCN1)OCCO2. The molecule has 2 aliphatic rings. The minimum atomic E-state index is 0.536. The van der Waals surface area contributed by atoms with Gasteiger partial charge in [0.2, 0.25) is 0 Å². The maximum absolute atomic E-state index is 6.23. The summed E-state index contributed by atoms with van der Waals surface area (Å²) >= 11 is 6.23. The van der Waals surface area contributed by atoms with E-state index in [2.05, 4.69) is 10.6 Å². The molecule has 1 fully saturated rings. The van der Waals surface area contributed by atoms with Crippen molar-refractivity contribution in [3.8, 4) is 11.5 Å². The lowest BCUT2D eigenvalue weighted by molar-refractivity contribution is 0.171. The molecule has 2 aliphatic heterocycles. The molecular weight excluding hydrogens is 252 g/mol. The smallest absolute Gasteiger partial charge is 0.163 e. The van der Waals surface area contributed by atoms with Crippen LogP contribution in [0.4, 0.5) is 5.69 Å². The molecule has 0 aliphatic carbocycles. The van der Waals surface area contributed by atoms with Gasteiger partial charge in [-0.25, -0.2) is 0 Å². The Hall–Kier alpha value is -1.13. The third-order valence-electron chi connectivity index (χ3n) is 3.33. The highest BCUT2D eigenvalue weighted by atomic mass is 35.5. The number of halogens is 1. The third-order valence-corrected chi connectivity index (χ3v) is 3.65. The summed E-state index contributed by atoms with van der Waals surface area (Å²) < 4.78 is 11.0. The number of anilines is 1. The highest BCUT2D eigenvalue weighted by Crippen LogP contribution is 2.37. The summed E-state index contributed by atoms with van der Waals surface area (Å²) in [6.07, 6.45) is 2.47. The minimum Gasteiger partial charge on any atom is -0.486 e. The van der Waals surface area contributed by atoms with Crippen LogP contribution >= 0.6 is 11.6 Å². The summed E-state index contributed by atoms with van der Waals surface area (Å²) in [4.78, 5) is 0. The number of benzene rings is 1. The molecule has 1 unspecified atom stereocenters. The van der Waals surface area contributed by atoms with Crippen LogP contribution in [0.3, 0.4) is 0 Å². The molecule has 4 nitrogen and oxygen atoms in total. The molecule has 2 N–H and O–H groups in total. The van der Waals surface area contributed by atoms with Gasteiger partial charge in [0.25, 0.3) is 0 Å². The van der Waals surface area contributed by atoms with E-state index >= 15 is 0 Å². The summed E-state index contributed by atoms with van der Waals surface area (Å²) in [6, 6.07) is 4.28. The summed E-state index contributed by atoms with van der Waals surface area (Å²) in [7, 11) is 0. The second-order valence-corrected chi connectivity index (χ2v) is 5.06. The Morgan fingerprint density at radius 1 is 1.28 bits per heavy atom. The van der Waals surface area contributed by atoms with Gasteiger partial charge in [-0.2, -0.15) is 0 Å². The van der Waals surface area contributed by atoms with E-state index in [0.29, 0.717) is 24.3 Å². The molecule has 1 aromatic rings. The molecule has 0 spiro atoms. The molecule has 5 heteroatoms. The minimum absolute atomic E-state index is 0.536. The average Bonchev–Trinajstić information content (AvgIpc) is 2.89. The van der Waals surface area contributed by atoms with Crippen molar-refractivity contribution in [2.75, 3.05) is 31.6 Å². The Morgan fingerprint density at radius 2 is 2.06 bits per heavy atom. The van der Waals surface area contributed by atoms with E-state index in [1.54, 1.807) is 0 Å². The third kappa shape index (κ3) is 2.49. The van der Waals surface area contributed by atoms with Gasteiger partial charge in [-0.3, -0.25) is 0 Å². The summed E-state index contributed by atoms with van der Waals surface area (Å²) in [5.41, 5.74) is 0.912. The number of rotatable bonds is 3. The van der Waals surface area contributed by atoms with Crippen molar-refractivity contribution in [3.05, 3.63) is 17.2 Å². The van der Waals surface area contributed by atoms with Gasteiger partial charge in [-0.15, -0.1) is 0 Å². The lowest BCUT2D eigenvalue weighted by Gasteiger charge is -2.21. The predicted octanol–water partition coefficient (Wildman–Crippen LogP) is 2.28. The Labute approximate surface area is 112 Å². The number of ether oxygens (including phenoxy) is 2. The van der Waals surface area contributed by atoms with Crippen LogP contribution in [0.5, 0.6) is 11.5 Å². The van der Waals surface area contributed by atoms with Crippen LogP contribution in [-0.2, 0) is 0 Å². The molecule has 0 amide bonds. The van der Waals surface area contributed by atoms with E-state index in [1.165, 1.54) is 12.8 Å². The monoisotopic (exact) mass is 268 g/mol. The summed E-state index contributed by atoms with van der Waals surface area (Å²) in [6.45, 7) is 3.18. The molecule has 18 heavy (non-hydrogen) atoms. The average molecular weight is 269 g/mol. The van der Waals surface area contributed by atoms with Crippen LogP contribution in [0.2, 0.25) is 5.02 Å². The zero-order valence-corrected chi connectivity index (χ0v) is 10.9. The van der Waals surface area contributed by atoms with Crippen LogP contribution in [0.15, 0.2) is 12.1 Å². The molecule has 0 radical (unpaired) electrons. The van der Waals surface area contributed by atoms with Gasteiger partial charge in [0.05, 0.1) is 10.7 Å². The predicted molar refractivity (Wildman–Crippen MR) is 72.0 cm³/mol. The lowest BCUT2D eigenvalue weighted by Crippen LogP contribution is -2.29. The van der Waals surface area contributed by atoms with Crippen molar-refractivity contribution < 1.29 is 9.47 Å². The first-order valence-electron chi connectivity index (χ1n) is 6.39. The molecule has 1 saturated heterocycles. The van der Waals surface area contributed by atoms with Gasteiger partial charge in [0, 0.05) is 24.7 Å². The Morgan fingerprint density at radius 3 is 2.78 bits per heavy atom. The molecule has 3 rings (SSSR count). The number of hydrogen-bond acceptors (Lipinski definition) is 4. The van der Waals surface area contributed by atoms with Gasteiger partial charge < -0.3 is 20.1 Å². The van der Waals surface area contributed by atoms with Crippen LogP contribution in [0.25, 0.3) is 0 Å². The van der Waals surface area contributed by atoms with Crippen LogP contribution < -0.4 is 20.1 Å². The first kappa shape index (κ1) is 11.9. The zero-order chi connectivity index (χ0) is 12.4. The van der Waals surface area contributed by atoms with Gasteiger partial charge >= 0.3 is 0 Å². The molecule has 2 heterocycles. The van der Waals surface area contributed by atoms with Crippen molar-refractivity contribution in [1.29, 1.82) is 0 Å². The summed E-state index contributed by atoms with van der Waals surface area (Å²) in [5, 5.41) is 7.50. The van der Waals surface area contributed by atoms with E-state index in [-0.39, 0.29) is 0 Å². The van der Waals surface area contributed by atoms with Gasteiger partial charge in [0.15, 0.2) is 11.5 Å². The van der Waals surface area contributed by atoms with Crippen LogP contribution in [0.1, 0.15) is 12.8 Å². The maximum Gasteiger partial charge on any atom is 0.163 e. The van der Waals surface area contributed by atoms with Crippen LogP contribution in [0, 0.1) is 0 Å². The van der Waals surface area contributed by atoms with Crippen molar-refractivity contribution in [3.63, 3.8) is 0 Å². The molecule has 0 bridgehead atoms. The molecule has 0 saturated carbocycles. The second kappa shape index (κ2) is 5.24. The fraction of sp³-hybridized carbons (Fsp3) is 0.538. The Kier molecular flexibility index (Phi) is 3.48. The van der Waals surface area contributed by atoms with Gasteiger partial charge in [-0.05, 0) is 19.4 Å². The Bertz CT molecular complexity index is 433. The quantitative estimate of drug-likeness (QED) is 0.883. The van der Waals surface area contributed by atoms with Crippen LogP contribution in [-0.4, -0.2) is 32.3 Å². The molecule has 1 atom stereocenters. The van der Waals surface area contributed by atoms with Crippen molar-refractivity contribution >= 4 is 17.3 Å². The van der Waals surface area contributed by atoms with Gasteiger partial charge in [-0.1, -0.05) is 11.6 Å². The molecule has 0 aromatic heterocycles. The number of fused-ring (bicyclic) bond motifs is 1. The number of nitrogens with one attached hydrogen (secondary N) is 2. The standard InChI is InChI=1S/C13H17ClN2O2/c14-10-6-12-13(18-5-4-17-12)7-11(10)16-8-9-2-1-3-15-9/h6-7,9,15-16H,1-5,8H2. The second-order valence-electron chi connectivity index (χ2n) is 4.65. The fourth-order valence-electron chi connectivity index (χ4n) is 2.36. The highest BCUT2D eigenvalue weighted by molar-refractivity contribution is 6.33. The normalized spacial score (nSPS) is 21.9. The fourth-order valence-corrected chi connectivity index (χ4v) is 2.58. The van der Waals surface area contributed by atoms with Crippen molar-refractivity contribution in [1.82, 2.24) is 5.32 Å². The first-order chi connectivity index (χ1) is 8.83. The van der Waals surface area contributed by atoms with E-state index in [1.807, 2.05) is 12.1 Å². The lowest BCUT2D eigenvalue weighted by atomic mass is 10.2. The largest absolute Gasteiger partial charge is 0.486 e. The summed E-state index contributed by atoms with van der Waals surface area (Å²) in [5.74, 6) is 1.50. The zero-order valence-electron chi connectivity index (χ0n) is 10.2. The van der Waals surface area contributed by atoms with Gasteiger partial charge in [0.1, 0.15) is 13.2 Å². The van der Waals surface area contributed by atoms with E-state index in [9.17, 15) is 0 Å². The van der Waals surface area contributed by atoms with Crippen molar-refractivity contribution in [2.24, 2.45) is 0 Å². The molecule has 98 valence electrons. The van der Waals surface area contributed by atoms with E-state index in [0.717, 1.165) is 30.3 Å². The van der Waals surface area contributed by atoms with Crippen molar-refractivity contribution in [2.45, 2.75) is 18.9 Å². The van der Waals surface area contributed by atoms with E-state index in [4.69, 9.17) is 21.1 Å². The van der Waals surface area contributed by atoms with E-state index < -0.39 is 0 Å².